The molecule has 1 fully saturated rings. The first-order chi connectivity index (χ1) is 25.1. The van der Waals surface area contributed by atoms with E-state index in [-0.39, 0.29) is 83.3 Å². The van der Waals surface area contributed by atoms with Gasteiger partial charge in [0.05, 0.1) is 6.61 Å². The summed E-state index contributed by atoms with van der Waals surface area (Å²) in [6.45, 7) is 4.64. The second-order valence-electron chi connectivity index (χ2n) is 13.1. The van der Waals surface area contributed by atoms with Gasteiger partial charge in [0.1, 0.15) is 30.6 Å². The maximum atomic E-state index is 12.6. The number of carbonyl (C=O) groups excluding carboxylic acids is 4. The highest BCUT2D eigenvalue weighted by Gasteiger charge is 2.31. The summed E-state index contributed by atoms with van der Waals surface area (Å²) < 4.78 is 5.22. The van der Waals surface area contributed by atoms with Gasteiger partial charge in [0.2, 0.25) is 17.7 Å². The average Bonchev–Trinajstić information content (AvgIpc) is 3.08. The van der Waals surface area contributed by atoms with Crippen molar-refractivity contribution in [1.82, 2.24) is 31.1 Å². The van der Waals surface area contributed by atoms with Gasteiger partial charge in [0, 0.05) is 39.4 Å². The molecule has 1 aliphatic heterocycles. The second-order valence-corrected chi connectivity index (χ2v) is 13.1. The summed E-state index contributed by atoms with van der Waals surface area (Å²) >= 11 is 0. The summed E-state index contributed by atoms with van der Waals surface area (Å²) in [6.07, 6.45) is 6.04. The van der Waals surface area contributed by atoms with Crippen LogP contribution >= 0.6 is 0 Å². The number of aliphatic hydroxyl groups is 5. The maximum Gasteiger partial charge on any atom is 0.328 e. The quantitative estimate of drug-likeness (QED) is 0.0158. The molecule has 19 nitrogen and oxygen atoms in total. The minimum absolute atomic E-state index is 0.0151. The van der Waals surface area contributed by atoms with Crippen LogP contribution in [0.3, 0.4) is 0 Å². The summed E-state index contributed by atoms with van der Waals surface area (Å²) in [7, 11) is 0. The molecule has 1 rings (SSSR count). The fourth-order valence-corrected chi connectivity index (χ4v) is 5.14. The Morgan fingerprint density at radius 1 is 0.887 bits per heavy atom. The fourth-order valence-electron chi connectivity index (χ4n) is 5.14. The molecule has 0 bridgehead atoms. The first-order valence-corrected chi connectivity index (χ1v) is 17.8. The molecule has 0 aromatic carbocycles. The van der Waals surface area contributed by atoms with E-state index in [0.717, 1.165) is 11.3 Å². The third-order valence-electron chi connectivity index (χ3n) is 8.27. The number of rotatable bonds is 27. The van der Waals surface area contributed by atoms with Crippen molar-refractivity contribution in [2.24, 2.45) is 11.8 Å². The van der Waals surface area contributed by atoms with E-state index in [9.17, 15) is 50.1 Å². The predicted molar refractivity (Wildman–Crippen MR) is 188 cm³/mol. The molecule has 8 atom stereocenters. The van der Waals surface area contributed by atoms with Crippen LogP contribution in [0.2, 0.25) is 0 Å². The van der Waals surface area contributed by atoms with Crippen molar-refractivity contribution in [1.29, 1.82) is 0 Å². The first-order valence-electron chi connectivity index (χ1n) is 17.8. The minimum atomic E-state index is -1.50. The normalized spacial score (nSPS) is 20.0. The third kappa shape index (κ3) is 20.0. The standard InChI is InChI=1S/C34H60N6O13/c1-23(13-18-41)21-30(45)39(51)16-7-10-27-33(48)36-26(32(47)37-27)9-6-15-38(50)29(44)12-4-5-20-53-34(49)28(35-25(3)43)11-8-17-40(52)31(46)22-24(2)14-19-42/h4,6-7,10,12,15,23-24,26-31,41-42,44-46,50-52H,5,8-9,11,13-14,16-22H2,1-3H3,(H,35,43)(H,36,48)(H,37,47). The topological polar surface area (TPSA) is 285 Å². The van der Waals surface area contributed by atoms with Crippen LogP contribution in [-0.2, 0) is 23.9 Å². The lowest BCUT2D eigenvalue weighted by atomic mass is 10.0. The highest BCUT2D eigenvalue weighted by Crippen LogP contribution is 2.14. The van der Waals surface area contributed by atoms with Gasteiger partial charge in [-0.3, -0.25) is 19.6 Å². The summed E-state index contributed by atoms with van der Waals surface area (Å²) in [4.78, 5) is 49.2. The molecular formula is C34H60N6O13. The monoisotopic (exact) mass is 760 g/mol. The molecule has 1 aliphatic rings. The van der Waals surface area contributed by atoms with Gasteiger partial charge in [-0.1, -0.05) is 38.2 Å². The Kier molecular flexibility index (Phi) is 23.6. The van der Waals surface area contributed by atoms with Crippen molar-refractivity contribution < 1.29 is 65.1 Å². The van der Waals surface area contributed by atoms with Crippen LogP contribution in [0.1, 0.15) is 72.1 Å². The van der Waals surface area contributed by atoms with Crippen LogP contribution in [0.5, 0.6) is 0 Å². The number of piperazine rings is 1. The molecule has 0 spiro atoms. The highest BCUT2D eigenvalue weighted by atomic mass is 16.5. The number of nitrogens with zero attached hydrogens (tertiary/aromatic N) is 3. The Bertz CT molecular complexity index is 1190. The number of esters is 1. The first kappa shape index (κ1) is 47.5. The van der Waals surface area contributed by atoms with Crippen LogP contribution in [0, 0.1) is 11.8 Å². The van der Waals surface area contributed by atoms with Gasteiger partial charge in [-0.05, 0) is 69.3 Å². The van der Waals surface area contributed by atoms with Crippen molar-refractivity contribution in [2.45, 2.75) is 109 Å². The van der Waals surface area contributed by atoms with Gasteiger partial charge in [-0.25, -0.2) is 9.86 Å². The molecule has 53 heavy (non-hydrogen) atoms. The number of carbonyl (C=O) groups is 4. The number of hydrogen-bond donors (Lipinski definition) is 11. The van der Waals surface area contributed by atoms with E-state index >= 15 is 0 Å². The van der Waals surface area contributed by atoms with Gasteiger partial charge < -0.3 is 56.6 Å². The zero-order chi connectivity index (χ0) is 39.9. The van der Waals surface area contributed by atoms with Crippen molar-refractivity contribution in [3.63, 3.8) is 0 Å². The van der Waals surface area contributed by atoms with Crippen molar-refractivity contribution in [2.75, 3.05) is 32.9 Å². The van der Waals surface area contributed by atoms with Gasteiger partial charge in [-0.2, -0.15) is 10.1 Å². The molecular weight excluding hydrogens is 700 g/mol. The molecule has 0 aromatic heterocycles. The largest absolute Gasteiger partial charge is 0.464 e. The van der Waals surface area contributed by atoms with E-state index in [1.54, 1.807) is 0 Å². The molecule has 1 saturated heterocycles. The summed E-state index contributed by atoms with van der Waals surface area (Å²) in [6, 6.07) is -2.95. The zero-order valence-electron chi connectivity index (χ0n) is 30.7. The molecule has 19 heteroatoms. The van der Waals surface area contributed by atoms with Crippen molar-refractivity contribution >= 4 is 23.7 Å². The fraction of sp³-hybridized carbons (Fsp3) is 0.706. The lowest BCUT2D eigenvalue weighted by Gasteiger charge is -2.28. The Hall–Kier alpha value is -3.50. The SMILES string of the molecule is CC(=O)NC(CCCN(O)C(O)CC(C)CCO)C(=O)OCCC=CC(O)N(O)C=CCC1NC(=O)C(C=CCN(O)C(O)CC(C)CCO)NC1=O. The Morgan fingerprint density at radius 3 is 2.11 bits per heavy atom. The summed E-state index contributed by atoms with van der Waals surface area (Å²) in [5.41, 5.74) is 0. The van der Waals surface area contributed by atoms with E-state index in [4.69, 9.17) is 14.9 Å². The van der Waals surface area contributed by atoms with Gasteiger partial charge in [-0.15, -0.1) is 0 Å². The summed E-state index contributed by atoms with van der Waals surface area (Å²) in [5, 5.41) is 87.9. The van der Waals surface area contributed by atoms with Gasteiger partial charge >= 0.3 is 5.97 Å². The average molecular weight is 761 g/mol. The number of hydroxylamine groups is 6. The number of nitrogens with one attached hydrogen (secondary N) is 3. The molecule has 8 unspecified atom stereocenters. The molecule has 1 heterocycles. The molecule has 0 saturated carbocycles. The van der Waals surface area contributed by atoms with Gasteiger partial charge in [0.15, 0.2) is 6.23 Å². The third-order valence-corrected chi connectivity index (χ3v) is 8.27. The molecule has 0 radical (unpaired) electrons. The van der Waals surface area contributed by atoms with E-state index in [1.807, 2.05) is 13.8 Å². The zero-order valence-corrected chi connectivity index (χ0v) is 30.7. The Balaban J connectivity index is 2.45. The number of amides is 3. The maximum absolute atomic E-state index is 12.6. The molecule has 3 amide bonds. The van der Waals surface area contributed by atoms with Crippen LogP contribution in [0.25, 0.3) is 0 Å². The molecule has 11 N–H and O–H groups in total. The van der Waals surface area contributed by atoms with Crippen LogP contribution in [-0.4, -0.2) is 150 Å². The van der Waals surface area contributed by atoms with Crippen molar-refractivity contribution in [3.8, 4) is 0 Å². The molecule has 0 aromatic rings. The lowest BCUT2D eigenvalue weighted by Crippen LogP contribution is -2.60. The van der Waals surface area contributed by atoms with Crippen LogP contribution < -0.4 is 16.0 Å². The highest BCUT2D eigenvalue weighted by molar-refractivity contribution is 5.98. The molecule has 0 aliphatic carbocycles. The lowest BCUT2D eigenvalue weighted by molar-refractivity contribution is -0.202. The Labute approximate surface area is 310 Å². The predicted octanol–water partition coefficient (Wildman–Crippen LogP) is -0.950. The number of hydrogen-bond acceptors (Lipinski definition) is 16. The molecule has 304 valence electrons. The minimum Gasteiger partial charge on any atom is -0.464 e. The van der Waals surface area contributed by atoms with E-state index < -0.39 is 60.5 Å². The van der Waals surface area contributed by atoms with Gasteiger partial charge in [0.25, 0.3) is 0 Å². The number of aliphatic hydroxyl groups excluding tert-OH is 5. The second kappa shape index (κ2) is 26.3. The van der Waals surface area contributed by atoms with E-state index in [0.29, 0.717) is 23.0 Å². The Morgan fingerprint density at radius 2 is 1.51 bits per heavy atom. The smallest absolute Gasteiger partial charge is 0.328 e. The van der Waals surface area contributed by atoms with Crippen molar-refractivity contribution in [3.05, 3.63) is 36.6 Å². The van der Waals surface area contributed by atoms with Crippen LogP contribution in [0.15, 0.2) is 36.6 Å². The van der Waals surface area contributed by atoms with E-state index in [2.05, 4.69) is 16.0 Å². The van der Waals surface area contributed by atoms with Crippen LogP contribution in [0.4, 0.5) is 0 Å². The van der Waals surface area contributed by atoms with E-state index in [1.165, 1.54) is 37.3 Å². The number of ether oxygens (including phenoxy) is 1. The summed E-state index contributed by atoms with van der Waals surface area (Å²) in [5.74, 6) is -2.22.